The van der Waals surface area contributed by atoms with Gasteiger partial charge in [0.15, 0.2) is 5.78 Å². The molecule has 2 heterocycles. The Morgan fingerprint density at radius 3 is 2.16 bits per heavy atom. The summed E-state index contributed by atoms with van der Waals surface area (Å²) in [4.78, 5) is 20.2. The molecule has 5 aromatic rings. The van der Waals surface area contributed by atoms with Crippen molar-refractivity contribution < 1.29 is 30.0 Å². The number of carbonyl (C=O) groups excluding carboxylic acids is 1. The molecule has 0 bridgehead atoms. The Balaban J connectivity index is 0.000000422. The summed E-state index contributed by atoms with van der Waals surface area (Å²) in [7, 11) is 0. The number of aromatic nitrogens is 2. The van der Waals surface area contributed by atoms with Crippen LogP contribution in [0.2, 0.25) is 0 Å². The van der Waals surface area contributed by atoms with E-state index in [0.717, 1.165) is 21.5 Å². The van der Waals surface area contributed by atoms with Crippen molar-refractivity contribution in [2.24, 2.45) is 0 Å². The summed E-state index contributed by atoms with van der Waals surface area (Å²) < 4.78 is 1.10. The molecule has 189 valence electrons. The average molecular weight is 684 g/mol. The molecule has 2 aromatic heterocycles. The van der Waals surface area contributed by atoms with Crippen LogP contribution in [0.15, 0.2) is 91.0 Å². The third kappa shape index (κ3) is 6.86. The summed E-state index contributed by atoms with van der Waals surface area (Å²) >= 11 is 1.73. The van der Waals surface area contributed by atoms with E-state index in [2.05, 4.69) is 78.4 Å². The smallest absolute Gasteiger partial charge is 0.155 e. The van der Waals surface area contributed by atoms with Gasteiger partial charge in [-0.2, -0.15) is 0 Å². The van der Waals surface area contributed by atoms with Crippen LogP contribution in [0.3, 0.4) is 0 Å². The molecule has 0 saturated heterocycles. The Labute approximate surface area is 235 Å². The maximum Gasteiger partial charge on any atom is 0.155 e. The third-order valence-electron chi connectivity index (χ3n) is 5.63. The second kappa shape index (κ2) is 12.7. The van der Waals surface area contributed by atoms with E-state index in [4.69, 9.17) is 5.11 Å². The fourth-order valence-corrected chi connectivity index (χ4v) is 5.21. The number of benzene rings is 3. The maximum absolute atomic E-state index is 10.0. The van der Waals surface area contributed by atoms with Crippen molar-refractivity contribution in [1.82, 2.24) is 9.97 Å². The zero-order valence-corrected chi connectivity index (χ0v) is 24.3. The Morgan fingerprint density at radius 2 is 1.59 bits per heavy atom. The van der Waals surface area contributed by atoms with Crippen molar-refractivity contribution in [3.63, 3.8) is 0 Å². The number of carbonyl (C=O) groups is 1. The van der Waals surface area contributed by atoms with E-state index >= 15 is 0 Å². The number of hydrogen-bond donors (Lipinski definition) is 1. The topological polar surface area (TPSA) is 63.1 Å². The van der Waals surface area contributed by atoms with E-state index in [1.807, 2.05) is 24.3 Å². The molecule has 0 aliphatic heterocycles. The number of nitrogens with zero attached hydrogens (tertiary/aromatic N) is 2. The average Bonchev–Trinajstić information content (AvgIpc) is 3.29. The number of thiophene rings is 1. The van der Waals surface area contributed by atoms with E-state index in [0.29, 0.717) is 0 Å². The van der Waals surface area contributed by atoms with Crippen LogP contribution in [0.4, 0.5) is 0 Å². The van der Waals surface area contributed by atoms with Crippen LogP contribution in [0.25, 0.3) is 43.0 Å². The van der Waals surface area contributed by atoms with Crippen LogP contribution >= 0.6 is 11.3 Å². The molecular weight excluding hydrogens is 657 g/mol. The van der Waals surface area contributed by atoms with E-state index < -0.39 is 0 Å². The van der Waals surface area contributed by atoms with Crippen LogP contribution in [-0.2, 0) is 24.9 Å². The summed E-state index contributed by atoms with van der Waals surface area (Å²) in [5, 5.41) is 8.36. The van der Waals surface area contributed by atoms with E-state index in [1.165, 1.54) is 52.6 Å². The molecule has 6 heteroatoms. The largest absolute Gasteiger partial charge is 0.512 e. The SMILES string of the molecule is CC(=O)/C=C(/C)O.Cc1cccc(C)c1-c1ccc(-c2cc3ncnc(-c4[c-]cccc4)c3s2)cc1.[Ir]. The predicted molar refractivity (Wildman–Crippen MR) is 149 cm³/mol. The number of rotatable bonds is 4. The number of allylic oxidation sites excluding steroid dienone is 2. The summed E-state index contributed by atoms with van der Waals surface area (Å²) in [5.74, 6) is -0.0625. The van der Waals surface area contributed by atoms with Gasteiger partial charge in [0.2, 0.25) is 0 Å². The molecule has 0 saturated carbocycles. The molecule has 0 atom stereocenters. The van der Waals surface area contributed by atoms with Crippen LogP contribution in [0.5, 0.6) is 0 Å². The Bertz CT molecular complexity index is 1520. The summed E-state index contributed by atoms with van der Waals surface area (Å²) in [6.45, 7) is 7.19. The molecule has 0 amide bonds. The first-order chi connectivity index (χ1) is 17.3. The monoisotopic (exact) mass is 684 g/mol. The van der Waals surface area contributed by atoms with Gasteiger partial charge in [-0.05, 0) is 61.6 Å². The standard InChI is InChI=1S/C26H19N2S.C5H8O2.Ir/c1-17-7-6-8-18(2)24(17)20-13-11-19(12-14-20)23-15-22-26(29-23)25(28-16-27-22)21-9-4-3-5-10-21;1-4(6)3-5(2)7;/h3-9,11-16H,1-2H3;3,6H,1-2H3;/q-1;;/b;4-3-;. The third-order valence-corrected chi connectivity index (χ3v) is 6.81. The Hall–Kier alpha value is -3.44. The molecule has 1 N–H and O–H groups in total. The molecule has 0 unspecified atom stereocenters. The molecule has 0 aliphatic rings. The van der Waals surface area contributed by atoms with Crippen molar-refractivity contribution in [3.05, 3.63) is 108 Å². The summed E-state index contributed by atoms with van der Waals surface area (Å²) in [6.07, 6.45) is 2.80. The van der Waals surface area contributed by atoms with Gasteiger partial charge in [-0.15, -0.1) is 47.2 Å². The molecule has 37 heavy (non-hydrogen) atoms. The van der Waals surface area contributed by atoms with Crippen molar-refractivity contribution in [2.75, 3.05) is 0 Å². The number of ketones is 1. The molecule has 0 spiro atoms. The minimum absolute atomic E-state index is 0. The molecule has 1 radical (unpaired) electrons. The first kappa shape index (κ1) is 28.1. The minimum Gasteiger partial charge on any atom is -0.512 e. The number of aliphatic hydroxyl groups excluding tert-OH is 1. The molecule has 3 aromatic carbocycles. The van der Waals surface area contributed by atoms with E-state index in [1.54, 1.807) is 17.7 Å². The van der Waals surface area contributed by atoms with Gasteiger partial charge in [-0.3, -0.25) is 9.78 Å². The molecule has 5 rings (SSSR count). The first-order valence-corrected chi connectivity index (χ1v) is 12.4. The van der Waals surface area contributed by atoms with Gasteiger partial charge in [0.25, 0.3) is 0 Å². The zero-order valence-electron chi connectivity index (χ0n) is 21.1. The van der Waals surface area contributed by atoms with Gasteiger partial charge in [-0.1, -0.05) is 42.5 Å². The van der Waals surface area contributed by atoms with E-state index in [-0.39, 0.29) is 31.6 Å². The number of hydrogen-bond acceptors (Lipinski definition) is 5. The van der Waals surface area contributed by atoms with E-state index in [9.17, 15) is 4.79 Å². The quantitative estimate of drug-likeness (QED) is 0.118. The van der Waals surface area contributed by atoms with Gasteiger partial charge in [0.05, 0.1) is 11.3 Å². The Kier molecular flexibility index (Phi) is 9.65. The van der Waals surface area contributed by atoms with Gasteiger partial charge < -0.3 is 5.11 Å². The number of aryl methyl sites for hydroxylation is 2. The molecular formula is C31H27IrN2O2S-. The first-order valence-electron chi connectivity index (χ1n) is 11.6. The van der Waals surface area contributed by atoms with Crippen molar-refractivity contribution in [3.8, 4) is 32.8 Å². The minimum atomic E-state index is -0.125. The van der Waals surface area contributed by atoms with Crippen LogP contribution in [0.1, 0.15) is 25.0 Å². The van der Waals surface area contributed by atoms with Crippen LogP contribution in [0, 0.1) is 19.9 Å². The van der Waals surface area contributed by atoms with Gasteiger partial charge in [-0.25, -0.2) is 4.98 Å². The second-order valence-electron chi connectivity index (χ2n) is 8.56. The summed E-state index contributed by atoms with van der Waals surface area (Å²) in [5.41, 5.74) is 9.31. The fraction of sp³-hybridized carbons (Fsp3) is 0.129. The predicted octanol–water partition coefficient (Wildman–Crippen LogP) is 8.14. The zero-order chi connectivity index (χ0) is 25.7. The van der Waals surface area contributed by atoms with Crippen LogP contribution < -0.4 is 0 Å². The fourth-order valence-electron chi connectivity index (χ4n) is 4.09. The number of aliphatic hydroxyl groups is 1. The second-order valence-corrected chi connectivity index (χ2v) is 9.62. The van der Waals surface area contributed by atoms with Gasteiger partial charge >= 0.3 is 0 Å². The summed E-state index contributed by atoms with van der Waals surface area (Å²) in [6, 6.07) is 28.7. The van der Waals surface area contributed by atoms with Crippen LogP contribution in [-0.4, -0.2) is 20.9 Å². The van der Waals surface area contributed by atoms with Gasteiger partial charge in [0, 0.05) is 41.5 Å². The van der Waals surface area contributed by atoms with Gasteiger partial charge in [0.1, 0.15) is 6.33 Å². The number of fused-ring (bicyclic) bond motifs is 1. The maximum atomic E-state index is 10.0. The molecule has 4 nitrogen and oxygen atoms in total. The normalized spacial score (nSPS) is 10.9. The molecule has 0 fully saturated rings. The van der Waals surface area contributed by atoms with Crippen molar-refractivity contribution in [2.45, 2.75) is 27.7 Å². The van der Waals surface area contributed by atoms with Crippen molar-refractivity contribution in [1.29, 1.82) is 0 Å². The van der Waals surface area contributed by atoms with Crippen molar-refractivity contribution >= 4 is 27.3 Å². The Morgan fingerprint density at radius 1 is 0.919 bits per heavy atom. The molecule has 0 aliphatic carbocycles.